The number of carbonyl (C=O) groups excluding carboxylic acids is 3. The first-order valence-corrected chi connectivity index (χ1v) is 11.1. The maximum Gasteiger partial charge on any atom is 0.266 e. The molecular weight excluding hydrogens is 435 g/mol. The minimum atomic E-state index is -2.10. The molecule has 1 atom stereocenters. The largest absolute Gasteiger partial charge is 0.373 e. The molecule has 2 amide bonds. The van der Waals surface area contributed by atoms with E-state index in [1.165, 1.54) is 17.0 Å². The lowest BCUT2D eigenvalue weighted by Crippen LogP contribution is -2.47. The lowest BCUT2D eigenvalue weighted by molar-refractivity contribution is -0.147. The maximum atomic E-state index is 13.5. The molecule has 1 fully saturated rings. The smallest absolute Gasteiger partial charge is 0.266 e. The van der Waals surface area contributed by atoms with E-state index in [1.807, 2.05) is 19.1 Å². The number of rotatable bonds is 6. The van der Waals surface area contributed by atoms with Gasteiger partial charge in [-0.05, 0) is 60.4 Å². The van der Waals surface area contributed by atoms with Gasteiger partial charge in [0.05, 0.1) is 0 Å². The molecule has 168 valence electrons. The summed E-state index contributed by atoms with van der Waals surface area (Å²) in [5.74, 6) is -1.70. The number of anilines is 2. The topological polar surface area (TPSA) is 77.9 Å². The van der Waals surface area contributed by atoms with E-state index in [9.17, 15) is 23.9 Å². The van der Waals surface area contributed by atoms with Crippen LogP contribution in [0.25, 0.3) is 0 Å². The zero-order valence-electron chi connectivity index (χ0n) is 17.7. The van der Waals surface area contributed by atoms with Crippen molar-refractivity contribution >= 4 is 40.6 Å². The molecule has 32 heavy (non-hydrogen) atoms. The average molecular weight is 459 g/mol. The van der Waals surface area contributed by atoms with Gasteiger partial charge < -0.3 is 14.9 Å². The Kier molecular flexibility index (Phi) is 6.05. The number of amides is 2. The van der Waals surface area contributed by atoms with Crippen LogP contribution in [-0.2, 0) is 27.2 Å². The Morgan fingerprint density at radius 1 is 1.19 bits per heavy atom. The lowest BCUT2D eigenvalue weighted by Gasteiger charge is -2.22. The predicted octanol–water partition coefficient (Wildman–Crippen LogP) is 3.45. The molecule has 4 rings (SSSR count). The molecule has 0 aliphatic carbocycles. The Labute approximate surface area is 190 Å². The van der Waals surface area contributed by atoms with Gasteiger partial charge in [-0.2, -0.15) is 0 Å². The van der Waals surface area contributed by atoms with Crippen LogP contribution in [0.15, 0.2) is 36.4 Å². The Balaban J connectivity index is 1.47. The Hall–Kier alpha value is -2.77. The van der Waals surface area contributed by atoms with Crippen molar-refractivity contribution < 1.29 is 23.9 Å². The molecule has 8 heteroatoms. The Morgan fingerprint density at radius 3 is 2.69 bits per heavy atom. The summed E-state index contributed by atoms with van der Waals surface area (Å²) in [4.78, 5) is 41.0. The highest BCUT2D eigenvalue weighted by Crippen LogP contribution is 2.36. The van der Waals surface area contributed by atoms with Gasteiger partial charge in [0.15, 0.2) is 5.78 Å². The number of benzene rings is 2. The van der Waals surface area contributed by atoms with E-state index in [2.05, 4.69) is 0 Å². The highest BCUT2D eigenvalue weighted by molar-refractivity contribution is 6.30. The van der Waals surface area contributed by atoms with Crippen molar-refractivity contribution in [2.75, 3.05) is 22.9 Å². The van der Waals surface area contributed by atoms with Gasteiger partial charge in [-0.3, -0.25) is 14.4 Å². The standard InChI is InChI=1S/C24H24ClFN2O4/c1-2-22(30)28-9-7-16-13-19(4-5-20(16)28)27-10-8-24(32,23(27)31)21(29)6-3-15-11-17(25)14-18(26)12-15/h4-5,11-14,32H,2-3,6-10H2,1H3/t24-/m1/s1. The van der Waals surface area contributed by atoms with Crippen LogP contribution < -0.4 is 9.80 Å². The van der Waals surface area contributed by atoms with Gasteiger partial charge in [-0.15, -0.1) is 0 Å². The number of halogens is 2. The van der Waals surface area contributed by atoms with E-state index in [0.29, 0.717) is 30.6 Å². The summed E-state index contributed by atoms with van der Waals surface area (Å²) in [5, 5.41) is 11.1. The van der Waals surface area contributed by atoms with Gasteiger partial charge in [0.25, 0.3) is 5.91 Å². The second-order valence-electron chi connectivity index (χ2n) is 8.23. The van der Waals surface area contributed by atoms with Gasteiger partial charge in [-0.25, -0.2) is 4.39 Å². The quantitative estimate of drug-likeness (QED) is 0.672. The summed E-state index contributed by atoms with van der Waals surface area (Å²) in [7, 11) is 0. The summed E-state index contributed by atoms with van der Waals surface area (Å²) < 4.78 is 13.5. The SMILES string of the molecule is CCC(=O)N1CCc2cc(N3CC[C@@](O)(C(=O)CCc4cc(F)cc(Cl)c4)C3=O)ccc21. The Morgan fingerprint density at radius 2 is 1.97 bits per heavy atom. The first kappa shape index (κ1) is 22.4. The molecule has 0 spiro atoms. The van der Waals surface area contributed by atoms with Gasteiger partial charge in [0.1, 0.15) is 5.82 Å². The number of fused-ring (bicyclic) bond motifs is 1. The molecule has 0 aromatic heterocycles. The predicted molar refractivity (Wildman–Crippen MR) is 119 cm³/mol. The minimum Gasteiger partial charge on any atom is -0.373 e. The van der Waals surface area contributed by atoms with Crippen molar-refractivity contribution in [1.82, 2.24) is 0 Å². The molecule has 1 N–H and O–H groups in total. The molecule has 6 nitrogen and oxygen atoms in total. The highest BCUT2D eigenvalue weighted by Gasteiger charge is 2.51. The summed E-state index contributed by atoms with van der Waals surface area (Å²) >= 11 is 5.85. The third-order valence-electron chi connectivity index (χ3n) is 6.19. The molecule has 0 unspecified atom stereocenters. The summed E-state index contributed by atoms with van der Waals surface area (Å²) in [6.45, 7) is 2.63. The van der Waals surface area contributed by atoms with Gasteiger partial charge in [-0.1, -0.05) is 18.5 Å². The minimum absolute atomic E-state index is 0.00783. The van der Waals surface area contributed by atoms with Crippen LogP contribution in [0.4, 0.5) is 15.8 Å². The fourth-order valence-corrected chi connectivity index (χ4v) is 4.68. The van der Waals surface area contributed by atoms with Crippen LogP contribution >= 0.6 is 11.6 Å². The number of carbonyl (C=O) groups is 3. The van der Waals surface area contributed by atoms with E-state index in [4.69, 9.17) is 11.6 Å². The van der Waals surface area contributed by atoms with Crippen molar-refractivity contribution in [2.45, 2.75) is 44.6 Å². The number of hydrogen-bond donors (Lipinski definition) is 1. The molecule has 2 heterocycles. The van der Waals surface area contributed by atoms with Gasteiger partial charge in [0, 0.05) is 48.7 Å². The molecule has 2 aromatic rings. The lowest BCUT2D eigenvalue weighted by atomic mass is 9.92. The number of ketones is 1. The van der Waals surface area contributed by atoms with E-state index in [-0.39, 0.29) is 36.7 Å². The third kappa shape index (κ3) is 4.02. The molecule has 2 aromatic carbocycles. The fraction of sp³-hybridized carbons (Fsp3) is 0.375. The zero-order chi connectivity index (χ0) is 23.0. The highest BCUT2D eigenvalue weighted by atomic mass is 35.5. The van der Waals surface area contributed by atoms with E-state index >= 15 is 0 Å². The molecule has 0 radical (unpaired) electrons. The molecule has 2 aliphatic rings. The number of hydrogen-bond acceptors (Lipinski definition) is 4. The molecule has 2 aliphatic heterocycles. The van der Waals surface area contributed by atoms with E-state index < -0.39 is 23.1 Å². The van der Waals surface area contributed by atoms with Gasteiger partial charge in [0.2, 0.25) is 11.5 Å². The van der Waals surface area contributed by atoms with Gasteiger partial charge >= 0.3 is 0 Å². The number of aryl methyl sites for hydroxylation is 1. The molecule has 0 bridgehead atoms. The van der Waals surface area contributed by atoms with Crippen LogP contribution in [0.5, 0.6) is 0 Å². The fourth-order valence-electron chi connectivity index (χ4n) is 4.44. The van der Waals surface area contributed by atoms with Crippen molar-refractivity contribution in [1.29, 1.82) is 0 Å². The summed E-state index contributed by atoms with van der Waals surface area (Å²) in [5.41, 5.74) is 0.828. The van der Waals surface area contributed by atoms with Crippen molar-refractivity contribution in [2.24, 2.45) is 0 Å². The van der Waals surface area contributed by atoms with Crippen LogP contribution in [0.3, 0.4) is 0 Å². The third-order valence-corrected chi connectivity index (χ3v) is 6.41. The van der Waals surface area contributed by atoms with Crippen molar-refractivity contribution in [3.8, 4) is 0 Å². The molecule has 0 saturated carbocycles. The molecule has 1 saturated heterocycles. The summed E-state index contributed by atoms with van der Waals surface area (Å²) in [6, 6.07) is 9.41. The van der Waals surface area contributed by atoms with Crippen LogP contribution in [0.1, 0.15) is 37.3 Å². The second-order valence-corrected chi connectivity index (χ2v) is 8.67. The zero-order valence-corrected chi connectivity index (χ0v) is 18.5. The van der Waals surface area contributed by atoms with Crippen LogP contribution in [0.2, 0.25) is 5.02 Å². The first-order valence-electron chi connectivity index (χ1n) is 10.7. The number of Topliss-reactive ketones (excluding diaryl/α,β-unsaturated/α-hetero) is 1. The number of aliphatic hydroxyl groups is 1. The van der Waals surface area contributed by atoms with E-state index in [0.717, 1.165) is 11.3 Å². The number of nitrogens with zero attached hydrogens (tertiary/aromatic N) is 2. The molecular formula is C24H24ClFN2O4. The van der Waals surface area contributed by atoms with Crippen LogP contribution in [0, 0.1) is 5.82 Å². The van der Waals surface area contributed by atoms with Crippen molar-refractivity contribution in [3.05, 3.63) is 58.4 Å². The maximum absolute atomic E-state index is 13.5. The summed E-state index contributed by atoms with van der Waals surface area (Å²) in [6.07, 6.45) is 1.17. The van der Waals surface area contributed by atoms with E-state index in [1.54, 1.807) is 17.0 Å². The Bertz CT molecular complexity index is 1090. The first-order chi connectivity index (χ1) is 15.2. The second kappa shape index (κ2) is 8.64. The average Bonchev–Trinajstić information content (AvgIpc) is 3.32. The van der Waals surface area contributed by atoms with Crippen molar-refractivity contribution in [3.63, 3.8) is 0 Å². The monoisotopic (exact) mass is 458 g/mol. The normalized spacial score (nSPS) is 20.1. The van der Waals surface area contributed by atoms with Crippen LogP contribution in [-0.4, -0.2) is 41.4 Å².